The Kier molecular flexibility index (Phi) is 6.15. The van der Waals surface area contributed by atoms with Crippen LogP contribution in [0.2, 0.25) is 0 Å². The molecule has 0 bridgehead atoms. The Hall–Kier alpha value is -0.120. The van der Waals surface area contributed by atoms with E-state index in [9.17, 15) is 0 Å². The summed E-state index contributed by atoms with van der Waals surface area (Å²) in [6, 6.07) is 0.705. The minimum Gasteiger partial charge on any atom is -0.379 e. The molecule has 1 aliphatic heterocycles. The monoisotopic (exact) mass is 200 g/mol. The van der Waals surface area contributed by atoms with E-state index in [1.54, 1.807) is 0 Å². The molecule has 0 aliphatic carbocycles. The molecule has 0 radical (unpaired) electrons. The van der Waals surface area contributed by atoms with Crippen molar-refractivity contribution in [1.29, 1.82) is 0 Å². The van der Waals surface area contributed by atoms with Crippen LogP contribution < -0.4 is 5.32 Å². The second-order valence-corrected chi connectivity index (χ2v) is 3.92. The maximum Gasteiger partial charge on any atom is 0.0594 e. The molecule has 1 rings (SSSR count). The van der Waals surface area contributed by atoms with Gasteiger partial charge in [0, 0.05) is 32.2 Å². The topological polar surface area (TPSA) is 24.5 Å². The molecule has 14 heavy (non-hydrogen) atoms. The van der Waals surface area contributed by atoms with E-state index < -0.39 is 0 Å². The van der Waals surface area contributed by atoms with Crippen LogP contribution in [0.5, 0.6) is 0 Å². The Morgan fingerprint density at radius 3 is 2.43 bits per heavy atom. The first-order chi connectivity index (χ1) is 6.86. The fourth-order valence-corrected chi connectivity index (χ4v) is 1.83. The largest absolute Gasteiger partial charge is 0.379 e. The van der Waals surface area contributed by atoms with Crippen molar-refractivity contribution >= 4 is 0 Å². The molecular weight excluding hydrogens is 176 g/mol. The van der Waals surface area contributed by atoms with E-state index in [1.165, 1.54) is 19.4 Å². The van der Waals surface area contributed by atoms with Crippen LogP contribution in [-0.4, -0.2) is 50.3 Å². The summed E-state index contributed by atoms with van der Waals surface area (Å²) in [6.45, 7) is 10.8. The molecule has 1 N–H and O–H groups in total. The van der Waals surface area contributed by atoms with Crippen LogP contribution in [0.15, 0.2) is 0 Å². The van der Waals surface area contributed by atoms with Gasteiger partial charge < -0.3 is 10.1 Å². The SMILES string of the molecule is CCC(CC)NCCN1CCOCC1. The number of hydrogen-bond acceptors (Lipinski definition) is 3. The van der Waals surface area contributed by atoms with Crippen LogP contribution >= 0.6 is 0 Å². The Bertz CT molecular complexity index is 131. The average Bonchev–Trinajstić information content (AvgIpc) is 2.26. The van der Waals surface area contributed by atoms with Gasteiger partial charge in [0.1, 0.15) is 0 Å². The first-order valence-corrected chi connectivity index (χ1v) is 5.90. The van der Waals surface area contributed by atoms with Crippen molar-refractivity contribution in [3.63, 3.8) is 0 Å². The molecule has 0 saturated carbocycles. The first kappa shape index (κ1) is 12.0. The lowest BCUT2D eigenvalue weighted by Gasteiger charge is -2.27. The van der Waals surface area contributed by atoms with E-state index in [2.05, 4.69) is 24.1 Å². The summed E-state index contributed by atoms with van der Waals surface area (Å²) >= 11 is 0. The Balaban J connectivity index is 2.01. The maximum absolute atomic E-state index is 5.31. The predicted octanol–water partition coefficient (Wildman–Crippen LogP) is 1.10. The number of hydrogen-bond donors (Lipinski definition) is 1. The third-order valence-corrected chi connectivity index (χ3v) is 2.95. The van der Waals surface area contributed by atoms with Crippen LogP contribution in [0, 0.1) is 0 Å². The smallest absolute Gasteiger partial charge is 0.0594 e. The number of ether oxygens (including phenoxy) is 1. The lowest BCUT2D eigenvalue weighted by molar-refractivity contribution is 0.0381. The highest BCUT2D eigenvalue weighted by Gasteiger charge is 2.09. The second kappa shape index (κ2) is 7.21. The summed E-state index contributed by atoms with van der Waals surface area (Å²) in [5.74, 6) is 0. The molecule has 84 valence electrons. The van der Waals surface area contributed by atoms with Gasteiger partial charge in [-0.25, -0.2) is 0 Å². The van der Waals surface area contributed by atoms with E-state index in [0.29, 0.717) is 6.04 Å². The Morgan fingerprint density at radius 1 is 1.21 bits per heavy atom. The molecule has 0 spiro atoms. The van der Waals surface area contributed by atoms with Crippen molar-refractivity contribution in [2.75, 3.05) is 39.4 Å². The van der Waals surface area contributed by atoms with E-state index in [0.717, 1.165) is 32.8 Å². The van der Waals surface area contributed by atoms with Crippen LogP contribution in [0.1, 0.15) is 26.7 Å². The van der Waals surface area contributed by atoms with Crippen LogP contribution in [0.3, 0.4) is 0 Å². The highest BCUT2D eigenvalue weighted by Crippen LogP contribution is 1.97. The molecule has 0 atom stereocenters. The van der Waals surface area contributed by atoms with E-state index >= 15 is 0 Å². The van der Waals surface area contributed by atoms with Gasteiger partial charge in [-0.2, -0.15) is 0 Å². The van der Waals surface area contributed by atoms with Crippen molar-refractivity contribution in [1.82, 2.24) is 10.2 Å². The van der Waals surface area contributed by atoms with Crippen LogP contribution in [-0.2, 0) is 4.74 Å². The highest BCUT2D eigenvalue weighted by molar-refractivity contribution is 4.66. The van der Waals surface area contributed by atoms with E-state index in [1.807, 2.05) is 0 Å². The van der Waals surface area contributed by atoms with Crippen molar-refractivity contribution < 1.29 is 4.74 Å². The van der Waals surface area contributed by atoms with Gasteiger partial charge in [0.2, 0.25) is 0 Å². The number of rotatable bonds is 6. The molecule has 0 unspecified atom stereocenters. The normalized spacial score (nSPS) is 19.1. The van der Waals surface area contributed by atoms with Gasteiger partial charge in [-0.15, -0.1) is 0 Å². The molecule has 0 aromatic heterocycles. The third kappa shape index (κ3) is 4.40. The van der Waals surface area contributed by atoms with Gasteiger partial charge in [-0.3, -0.25) is 4.90 Å². The van der Waals surface area contributed by atoms with Gasteiger partial charge in [-0.05, 0) is 12.8 Å². The Morgan fingerprint density at radius 2 is 1.86 bits per heavy atom. The number of nitrogens with zero attached hydrogens (tertiary/aromatic N) is 1. The summed E-state index contributed by atoms with van der Waals surface area (Å²) in [7, 11) is 0. The van der Waals surface area contributed by atoms with Crippen molar-refractivity contribution in [3.8, 4) is 0 Å². The van der Waals surface area contributed by atoms with Crippen LogP contribution in [0.25, 0.3) is 0 Å². The summed E-state index contributed by atoms with van der Waals surface area (Å²) in [5.41, 5.74) is 0. The average molecular weight is 200 g/mol. The molecule has 1 saturated heterocycles. The lowest BCUT2D eigenvalue weighted by atomic mass is 10.2. The van der Waals surface area contributed by atoms with E-state index in [4.69, 9.17) is 4.74 Å². The molecule has 1 heterocycles. The minimum atomic E-state index is 0.705. The van der Waals surface area contributed by atoms with Crippen molar-refractivity contribution in [2.24, 2.45) is 0 Å². The zero-order valence-electron chi connectivity index (χ0n) is 9.59. The van der Waals surface area contributed by atoms with Gasteiger partial charge in [-0.1, -0.05) is 13.8 Å². The highest BCUT2D eigenvalue weighted by atomic mass is 16.5. The van der Waals surface area contributed by atoms with E-state index in [-0.39, 0.29) is 0 Å². The fourth-order valence-electron chi connectivity index (χ4n) is 1.83. The van der Waals surface area contributed by atoms with Gasteiger partial charge >= 0.3 is 0 Å². The van der Waals surface area contributed by atoms with Gasteiger partial charge in [0.25, 0.3) is 0 Å². The van der Waals surface area contributed by atoms with Crippen molar-refractivity contribution in [2.45, 2.75) is 32.7 Å². The summed E-state index contributed by atoms with van der Waals surface area (Å²) in [6.07, 6.45) is 2.47. The van der Waals surface area contributed by atoms with Crippen molar-refractivity contribution in [3.05, 3.63) is 0 Å². The zero-order chi connectivity index (χ0) is 10.2. The Labute approximate surface area is 87.8 Å². The molecule has 0 aromatic rings. The zero-order valence-corrected chi connectivity index (χ0v) is 9.59. The number of nitrogens with one attached hydrogen (secondary N) is 1. The molecule has 0 amide bonds. The predicted molar refractivity (Wildman–Crippen MR) is 59.6 cm³/mol. The standard InChI is InChI=1S/C11H24N2O/c1-3-11(4-2)12-5-6-13-7-9-14-10-8-13/h11-12H,3-10H2,1-2H3. The summed E-state index contributed by atoms with van der Waals surface area (Å²) in [4.78, 5) is 2.47. The third-order valence-electron chi connectivity index (χ3n) is 2.95. The minimum absolute atomic E-state index is 0.705. The molecule has 1 aliphatic rings. The van der Waals surface area contributed by atoms with Gasteiger partial charge in [0.05, 0.1) is 13.2 Å². The maximum atomic E-state index is 5.31. The number of morpholine rings is 1. The molecular formula is C11H24N2O. The quantitative estimate of drug-likeness (QED) is 0.695. The fraction of sp³-hybridized carbons (Fsp3) is 1.00. The first-order valence-electron chi connectivity index (χ1n) is 5.90. The summed E-state index contributed by atoms with van der Waals surface area (Å²) < 4.78 is 5.31. The summed E-state index contributed by atoms with van der Waals surface area (Å²) in [5, 5.41) is 3.58. The molecule has 3 heteroatoms. The molecule has 1 fully saturated rings. The lowest BCUT2D eigenvalue weighted by Crippen LogP contribution is -2.42. The molecule has 0 aromatic carbocycles. The van der Waals surface area contributed by atoms with Gasteiger partial charge in [0.15, 0.2) is 0 Å². The molecule has 3 nitrogen and oxygen atoms in total. The van der Waals surface area contributed by atoms with Crippen LogP contribution in [0.4, 0.5) is 0 Å². The second-order valence-electron chi connectivity index (χ2n) is 3.92.